The third-order valence-electron chi connectivity index (χ3n) is 2.25. The second-order valence-electron chi connectivity index (χ2n) is 3.60. The molecule has 0 aromatic carbocycles. The van der Waals surface area contributed by atoms with Crippen LogP contribution in [0, 0.1) is 0 Å². The molecule has 0 radical (unpaired) electrons. The zero-order valence-corrected chi connectivity index (χ0v) is 11.5. The number of halogens is 2. The monoisotopic (exact) mass is 292 g/mol. The SMILES string of the molecule is CCOC(=O)CCCCn1ncc(Cl)c(Cl)c1=O. The predicted octanol–water partition coefficient (Wildman–Crippen LogP) is 2.28. The van der Waals surface area contributed by atoms with E-state index in [4.69, 9.17) is 27.9 Å². The van der Waals surface area contributed by atoms with Crippen LogP contribution in [-0.2, 0) is 16.1 Å². The second-order valence-corrected chi connectivity index (χ2v) is 4.38. The molecule has 5 nitrogen and oxygen atoms in total. The summed E-state index contributed by atoms with van der Waals surface area (Å²) in [6, 6.07) is 0. The first-order chi connectivity index (χ1) is 8.56. The van der Waals surface area contributed by atoms with Gasteiger partial charge in [0.15, 0.2) is 0 Å². The molecule has 1 rings (SSSR count). The molecular weight excluding hydrogens is 279 g/mol. The number of aryl methyl sites for hydroxylation is 1. The Bertz CT molecular complexity index is 474. The fourth-order valence-electron chi connectivity index (χ4n) is 1.37. The van der Waals surface area contributed by atoms with Crippen molar-refractivity contribution < 1.29 is 9.53 Å². The first kappa shape index (κ1) is 15.0. The maximum atomic E-state index is 11.6. The number of nitrogens with zero attached hydrogens (tertiary/aromatic N) is 2. The van der Waals surface area contributed by atoms with Crippen LogP contribution in [0.1, 0.15) is 26.2 Å². The van der Waals surface area contributed by atoms with Gasteiger partial charge in [0.05, 0.1) is 17.8 Å². The van der Waals surface area contributed by atoms with Crippen molar-refractivity contribution in [3.63, 3.8) is 0 Å². The molecule has 1 heterocycles. The summed E-state index contributed by atoms with van der Waals surface area (Å²) in [5.41, 5.74) is -0.416. The van der Waals surface area contributed by atoms with Crippen molar-refractivity contribution in [3.05, 3.63) is 26.6 Å². The van der Waals surface area contributed by atoms with Gasteiger partial charge in [-0.1, -0.05) is 23.2 Å². The van der Waals surface area contributed by atoms with Crippen LogP contribution in [0.4, 0.5) is 0 Å². The van der Waals surface area contributed by atoms with Gasteiger partial charge in [0, 0.05) is 13.0 Å². The summed E-state index contributed by atoms with van der Waals surface area (Å²) in [6.07, 6.45) is 2.94. The van der Waals surface area contributed by atoms with Gasteiger partial charge in [0.2, 0.25) is 0 Å². The molecule has 100 valence electrons. The number of carbonyl (C=O) groups is 1. The van der Waals surface area contributed by atoms with E-state index >= 15 is 0 Å². The van der Waals surface area contributed by atoms with Crippen molar-refractivity contribution in [1.82, 2.24) is 9.78 Å². The van der Waals surface area contributed by atoms with Crippen LogP contribution in [-0.4, -0.2) is 22.4 Å². The van der Waals surface area contributed by atoms with Gasteiger partial charge in [0.25, 0.3) is 5.56 Å². The molecule has 7 heteroatoms. The van der Waals surface area contributed by atoms with Gasteiger partial charge in [-0.15, -0.1) is 0 Å². The van der Waals surface area contributed by atoms with E-state index in [9.17, 15) is 9.59 Å². The Morgan fingerprint density at radius 1 is 1.44 bits per heavy atom. The highest BCUT2D eigenvalue weighted by atomic mass is 35.5. The highest BCUT2D eigenvalue weighted by molar-refractivity contribution is 6.41. The quantitative estimate of drug-likeness (QED) is 0.596. The normalized spacial score (nSPS) is 10.4. The molecule has 0 bridgehead atoms. The number of ether oxygens (including phenoxy) is 1. The first-order valence-corrected chi connectivity index (χ1v) is 6.38. The number of hydrogen-bond acceptors (Lipinski definition) is 4. The second kappa shape index (κ2) is 7.38. The molecule has 0 fully saturated rings. The summed E-state index contributed by atoms with van der Waals surface area (Å²) in [4.78, 5) is 22.7. The maximum Gasteiger partial charge on any atom is 0.305 e. The molecule has 0 unspecified atom stereocenters. The van der Waals surface area contributed by atoms with Crippen molar-refractivity contribution in [3.8, 4) is 0 Å². The van der Waals surface area contributed by atoms with Gasteiger partial charge in [-0.25, -0.2) is 4.68 Å². The number of unbranched alkanes of at least 4 members (excludes halogenated alkanes) is 1. The average molecular weight is 293 g/mol. The number of rotatable bonds is 6. The minimum absolute atomic E-state index is 0.0305. The van der Waals surface area contributed by atoms with Crippen molar-refractivity contribution in [2.45, 2.75) is 32.7 Å². The van der Waals surface area contributed by atoms with Gasteiger partial charge in [-0.05, 0) is 19.8 Å². The lowest BCUT2D eigenvalue weighted by Gasteiger charge is -2.05. The number of aromatic nitrogens is 2. The summed E-state index contributed by atoms with van der Waals surface area (Å²) in [5.74, 6) is -0.230. The van der Waals surface area contributed by atoms with E-state index in [0.29, 0.717) is 32.4 Å². The number of hydrogen-bond donors (Lipinski definition) is 0. The van der Waals surface area contributed by atoms with Crippen LogP contribution in [0.5, 0.6) is 0 Å². The van der Waals surface area contributed by atoms with Crippen LogP contribution in [0.15, 0.2) is 11.0 Å². The highest BCUT2D eigenvalue weighted by Crippen LogP contribution is 2.14. The standard InChI is InChI=1S/C11H14Cl2N2O3/c1-2-18-9(16)5-3-4-6-15-11(17)10(13)8(12)7-14-15/h7H,2-6H2,1H3. The molecule has 18 heavy (non-hydrogen) atoms. The molecule has 1 aromatic rings. The van der Waals surface area contributed by atoms with Crippen LogP contribution in [0.3, 0.4) is 0 Å². The van der Waals surface area contributed by atoms with E-state index < -0.39 is 5.56 Å². The van der Waals surface area contributed by atoms with E-state index in [2.05, 4.69) is 5.10 Å². The van der Waals surface area contributed by atoms with E-state index in [1.807, 2.05) is 0 Å². The fourth-order valence-corrected chi connectivity index (χ4v) is 1.64. The molecule has 0 aliphatic rings. The lowest BCUT2D eigenvalue weighted by molar-refractivity contribution is -0.143. The van der Waals surface area contributed by atoms with Crippen molar-refractivity contribution in [2.75, 3.05) is 6.61 Å². The zero-order valence-electron chi connectivity index (χ0n) is 9.99. The maximum absolute atomic E-state index is 11.6. The summed E-state index contributed by atoms with van der Waals surface area (Å²) < 4.78 is 6.03. The smallest absolute Gasteiger partial charge is 0.305 e. The average Bonchev–Trinajstić information content (AvgIpc) is 2.34. The van der Waals surface area contributed by atoms with Gasteiger partial charge in [-0.3, -0.25) is 9.59 Å². The van der Waals surface area contributed by atoms with E-state index in [1.165, 1.54) is 10.9 Å². The molecule has 1 aromatic heterocycles. The molecule has 0 saturated heterocycles. The molecule has 0 amide bonds. The Morgan fingerprint density at radius 3 is 2.83 bits per heavy atom. The molecular formula is C11H14Cl2N2O3. The van der Waals surface area contributed by atoms with Gasteiger partial charge >= 0.3 is 5.97 Å². The first-order valence-electron chi connectivity index (χ1n) is 5.63. The van der Waals surface area contributed by atoms with Gasteiger partial charge in [0.1, 0.15) is 5.02 Å². The summed E-state index contributed by atoms with van der Waals surface area (Å²) in [7, 11) is 0. The predicted molar refractivity (Wildman–Crippen MR) is 69.0 cm³/mol. The van der Waals surface area contributed by atoms with E-state index in [1.54, 1.807) is 6.92 Å². The Morgan fingerprint density at radius 2 is 2.17 bits per heavy atom. The third-order valence-corrected chi connectivity index (χ3v) is 3.00. The molecule has 0 saturated carbocycles. The van der Waals surface area contributed by atoms with Crippen LogP contribution < -0.4 is 5.56 Å². The Labute approximate surface area is 115 Å². The topological polar surface area (TPSA) is 61.2 Å². The Hall–Kier alpha value is -1.07. The number of esters is 1. The minimum atomic E-state index is -0.416. The lowest BCUT2D eigenvalue weighted by atomic mass is 10.2. The molecule has 0 atom stereocenters. The summed E-state index contributed by atoms with van der Waals surface area (Å²) in [6.45, 7) is 2.54. The third kappa shape index (κ3) is 4.31. The van der Waals surface area contributed by atoms with Crippen molar-refractivity contribution in [2.24, 2.45) is 0 Å². The Balaban J connectivity index is 2.43. The molecule has 0 spiro atoms. The van der Waals surface area contributed by atoms with Gasteiger partial charge in [-0.2, -0.15) is 5.10 Å². The highest BCUT2D eigenvalue weighted by Gasteiger charge is 2.07. The summed E-state index contributed by atoms with van der Waals surface area (Å²) >= 11 is 11.4. The summed E-state index contributed by atoms with van der Waals surface area (Å²) in [5, 5.41) is 3.98. The molecule has 0 aliphatic heterocycles. The van der Waals surface area contributed by atoms with Gasteiger partial charge < -0.3 is 4.74 Å². The Kier molecular flexibility index (Phi) is 6.15. The van der Waals surface area contributed by atoms with Crippen LogP contribution in [0.25, 0.3) is 0 Å². The van der Waals surface area contributed by atoms with E-state index in [0.717, 1.165) is 0 Å². The van der Waals surface area contributed by atoms with Crippen molar-refractivity contribution in [1.29, 1.82) is 0 Å². The van der Waals surface area contributed by atoms with E-state index in [-0.39, 0.29) is 16.0 Å². The minimum Gasteiger partial charge on any atom is -0.466 e. The fraction of sp³-hybridized carbons (Fsp3) is 0.545. The zero-order chi connectivity index (χ0) is 13.5. The van der Waals surface area contributed by atoms with Crippen LogP contribution in [0.2, 0.25) is 10.0 Å². The van der Waals surface area contributed by atoms with Crippen LogP contribution >= 0.6 is 23.2 Å². The molecule has 0 N–H and O–H groups in total. The van der Waals surface area contributed by atoms with Crippen molar-refractivity contribution >= 4 is 29.2 Å². The molecule has 0 aliphatic carbocycles. The lowest BCUT2D eigenvalue weighted by Crippen LogP contribution is -2.23. The largest absolute Gasteiger partial charge is 0.466 e. The number of carbonyl (C=O) groups excluding carboxylic acids is 1.